The zero-order valence-corrected chi connectivity index (χ0v) is 27.5. The maximum atomic E-state index is 13.8. The average Bonchev–Trinajstić information content (AvgIpc) is 3.72. The summed E-state index contributed by atoms with van der Waals surface area (Å²) in [6.07, 6.45) is 9.96. The zero-order valence-electron chi connectivity index (χ0n) is 26.5. The summed E-state index contributed by atoms with van der Waals surface area (Å²) < 4.78 is 9.73. The van der Waals surface area contributed by atoms with Crippen LogP contribution in [0, 0.1) is 5.92 Å². The molecule has 4 aromatic rings. The molecule has 3 atom stereocenters. The first-order valence-electron chi connectivity index (χ1n) is 15.7. The first-order chi connectivity index (χ1) is 21.1. The molecule has 0 unspecified atom stereocenters. The molecule has 0 radical (unpaired) electrons. The second kappa shape index (κ2) is 12.4. The van der Waals surface area contributed by atoms with Crippen molar-refractivity contribution in [1.82, 2.24) is 34.3 Å². The lowest BCUT2D eigenvalue weighted by Gasteiger charge is -2.38. The van der Waals surface area contributed by atoms with Crippen molar-refractivity contribution in [1.29, 1.82) is 0 Å². The number of ether oxygens (including phenoxy) is 1. The van der Waals surface area contributed by atoms with E-state index >= 15 is 0 Å². The Labute approximate surface area is 259 Å². The summed E-state index contributed by atoms with van der Waals surface area (Å²) in [6.45, 7) is 12.6. The maximum absolute atomic E-state index is 13.8. The molecule has 5 heterocycles. The molecule has 11 nitrogen and oxygen atoms in total. The molecule has 1 aromatic carbocycles. The Morgan fingerprint density at radius 1 is 1.07 bits per heavy atom. The zero-order chi connectivity index (χ0) is 31.0. The van der Waals surface area contributed by atoms with Crippen LogP contribution in [0.2, 0.25) is 25.7 Å². The van der Waals surface area contributed by atoms with Gasteiger partial charge in [-0.25, -0.2) is 4.68 Å². The van der Waals surface area contributed by atoms with Crippen molar-refractivity contribution in [3.63, 3.8) is 0 Å². The highest BCUT2D eigenvalue weighted by Gasteiger charge is 2.35. The second-order valence-electron chi connectivity index (χ2n) is 13.9. The van der Waals surface area contributed by atoms with Gasteiger partial charge in [-0.15, -0.1) is 0 Å². The topological polar surface area (TPSA) is 110 Å². The predicted octanol–water partition coefficient (Wildman–Crippen LogP) is 4.91. The molecule has 1 N–H and O–H groups in total. The van der Waals surface area contributed by atoms with Gasteiger partial charge in [0.05, 0.1) is 41.2 Å². The molecule has 2 amide bonds. The number of hydrogen-bond acceptors (Lipinski definition) is 7. The van der Waals surface area contributed by atoms with E-state index < -0.39 is 19.9 Å². The van der Waals surface area contributed by atoms with E-state index in [0.29, 0.717) is 36.3 Å². The Hall–Kier alpha value is -3.61. The summed E-state index contributed by atoms with van der Waals surface area (Å²) in [7, 11) is 0.922. The third-order valence-corrected chi connectivity index (χ3v) is 10.6. The van der Waals surface area contributed by atoms with Crippen LogP contribution in [0.4, 0.5) is 5.69 Å². The van der Waals surface area contributed by atoms with Crippen molar-refractivity contribution in [3.05, 3.63) is 48.5 Å². The van der Waals surface area contributed by atoms with E-state index in [1.54, 1.807) is 28.2 Å². The van der Waals surface area contributed by atoms with Gasteiger partial charge in [0.1, 0.15) is 6.73 Å². The van der Waals surface area contributed by atoms with Crippen LogP contribution in [-0.4, -0.2) is 87.5 Å². The van der Waals surface area contributed by atoms with Crippen LogP contribution in [-0.2, 0) is 21.1 Å². The smallest absolute Gasteiger partial charge is 0.314 e. The van der Waals surface area contributed by atoms with Crippen molar-refractivity contribution in [2.24, 2.45) is 5.92 Å². The average molecular weight is 617 g/mol. The Kier molecular flexibility index (Phi) is 8.58. The number of rotatable bonds is 8. The first kappa shape index (κ1) is 30.4. The number of pyridine rings is 1. The van der Waals surface area contributed by atoms with E-state index in [1.807, 2.05) is 6.07 Å². The van der Waals surface area contributed by atoms with E-state index in [1.165, 1.54) is 0 Å². The van der Waals surface area contributed by atoms with Gasteiger partial charge in [0, 0.05) is 50.9 Å². The van der Waals surface area contributed by atoms with Crippen LogP contribution in [0.5, 0.6) is 0 Å². The van der Waals surface area contributed by atoms with E-state index in [2.05, 4.69) is 76.9 Å². The summed E-state index contributed by atoms with van der Waals surface area (Å²) in [5.41, 5.74) is 3.12. The Morgan fingerprint density at radius 2 is 1.91 bits per heavy atom. The number of carbonyl (C=O) groups is 2. The summed E-state index contributed by atoms with van der Waals surface area (Å²) >= 11 is 0. The van der Waals surface area contributed by atoms with E-state index in [4.69, 9.17) is 9.84 Å². The van der Waals surface area contributed by atoms with Crippen molar-refractivity contribution in [3.8, 4) is 0 Å². The number of amides is 2. The summed E-state index contributed by atoms with van der Waals surface area (Å²) in [5, 5.41) is 14.0. The number of nitrogens with zero attached hydrogens (tertiary/aromatic N) is 7. The van der Waals surface area contributed by atoms with Gasteiger partial charge >= 0.3 is 11.8 Å². The predicted molar refractivity (Wildman–Crippen MR) is 174 cm³/mol. The second-order valence-corrected chi connectivity index (χ2v) is 19.5. The lowest BCUT2D eigenvalue weighted by molar-refractivity contribution is -0.146. The molecule has 2 saturated heterocycles. The Bertz CT molecular complexity index is 1660. The van der Waals surface area contributed by atoms with Gasteiger partial charge in [0.2, 0.25) is 0 Å². The molecule has 0 aliphatic carbocycles. The number of anilines is 1. The quantitative estimate of drug-likeness (QED) is 0.170. The summed E-state index contributed by atoms with van der Waals surface area (Å²) in [5.74, 6) is -0.917. The van der Waals surface area contributed by atoms with Gasteiger partial charge in [0.25, 0.3) is 0 Å². The standard InChI is InChI=1S/C32H44N8O3Si/c1-22-6-9-29(23-7-8-27-24(14-23)19-39(36-27)26-10-11-37(2)20-26)38(18-22)32(42)31(41)35-28-17-33-15-25-16-34-40(30(25)28)21-43-12-13-44(3,4)5/h7-8,14-17,19,22,26,29H,6,9-13,18,20-21H2,1-5H3,(H,35,41)/t22-,26-,29+/m0/s1. The molecular formula is C32H44N8O3Si. The number of hydrogen-bond donors (Lipinski definition) is 1. The Morgan fingerprint density at radius 3 is 2.68 bits per heavy atom. The maximum Gasteiger partial charge on any atom is 0.314 e. The van der Waals surface area contributed by atoms with Gasteiger partial charge in [0.15, 0.2) is 0 Å². The Balaban J connectivity index is 1.19. The molecule has 2 aliphatic rings. The molecule has 0 saturated carbocycles. The third-order valence-electron chi connectivity index (χ3n) is 8.94. The van der Waals surface area contributed by atoms with Crippen LogP contribution in [0.15, 0.2) is 43.0 Å². The van der Waals surface area contributed by atoms with Crippen molar-refractivity contribution in [2.45, 2.75) is 70.7 Å². The van der Waals surface area contributed by atoms with Crippen molar-refractivity contribution in [2.75, 3.05) is 38.6 Å². The summed E-state index contributed by atoms with van der Waals surface area (Å²) in [4.78, 5) is 35.7. The fourth-order valence-electron chi connectivity index (χ4n) is 6.38. The molecule has 12 heteroatoms. The van der Waals surface area contributed by atoms with E-state index in [0.717, 1.165) is 60.2 Å². The number of fused-ring (bicyclic) bond motifs is 2. The lowest BCUT2D eigenvalue weighted by Crippen LogP contribution is -2.46. The SMILES string of the molecule is C[C@H]1CC[C@H](c2ccc3nn([C@H]4CCN(C)C4)cc3c2)N(C(=O)C(=O)Nc2cncc3cnn(COCC[Si](C)(C)C)c23)C1. The number of piperidine rings is 1. The minimum absolute atomic E-state index is 0.186. The molecule has 0 bridgehead atoms. The first-order valence-corrected chi connectivity index (χ1v) is 19.4. The van der Waals surface area contributed by atoms with Gasteiger partial charge < -0.3 is 19.9 Å². The molecule has 44 heavy (non-hydrogen) atoms. The van der Waals surface area contributed by atoms with Crippen molar-refractivity contribution >= 4 is 47.4 Å². The van der Waals surface area contributed by atoms with E-state index in [9.17, 15) is 9.59 Å². The molecular weight excluding hydrogens is 572 g/mol. The van der Waals surface area contributed by atoms with Crippen LogP contribution >= 0.6 is 0 Å². The van der Waals surface area contributed by atoms with Crippen LogP contribution in [0.3, 0.4) is 0 Å². The van der Waals surface area contributed by atoms with Gasteiger partial charge in [-0.05, 0) is 62.5 Å². The van der Waals surface area contributed by atoms with Gasteiger partial charge in [-0.1, -0.05) is 32.6 Å². The minimum atomic E-state index is -1.22. The lowest BCUT2D eigenvalue weighted by atomic mass is 9.89. The number of aromatic nitrogens is 5. The normalized spacial score (nSPS) is 21.4. The molecule has 6 rings (SSSR count). The van der Waals surface area contributed by atoms with Gasteiger partial charge in [-0.3, -0.25) is 19.3 Å². The summed E-state index contributed by atoms with van der Waals surface area (Å²) in [6, 6.07) is 7.48. The minimum Gasteiger partial charge on any atom is -0.360 e. The number of benzene rings is 1. The highest BCUT2D eigenvalue weighted by molar-refractivity contribution is 6.76. The number of likely N-dealkylation sites (N-methyl/N-ethyl adjacent to an activating group) is 1. The highest BCUT2D eigenvalue weighted by Crippen LogP contribution is 2.35. The number of carbonyl (C=O) groups excluding carboxylic acids is 2. The molecule has 2 aliphatic heterocycles. The van der Waals surface area contributed by atoms with Crippen LogP contribution in [0.25, 0.3) is 21.8 Å². The van der Waals surface area contributed by atoms with Crippen LogP contribution < -0.4 is 5.32 Å². The van der Waals surface area contributed by atoms with Gasteiger partial charge in [-0.2, -0.15) is 10.2 Å². The fourth-order valence-corrected chi connectivity index (χ4v) is 7.13. The van der Waals surface area contributed by atoms with E-state index in [-0.39, 0.29) is 12.8 Å². The van der Waals surface area contributed by atoms with Crippen molar-refractivity contribution < 1.29 is 14.3 Å². The monoisotopic (exact) mass is 616 g/mol. The molecule has 2 fully saturated rings. The molecule has 234 valence electrons. The highest BCUT2D eigenvalue weighted by atomic mass is 28.3. The van der Waals surface area contributed by atoms with Crippen LogP contribution in [0.1, 0.15) is 43.8 Å². The fraction of sp³-hybridized carbons (Fsp3) is 0.531. The number of likely N-dealkylation sites (tertiary alicyclic amines) is 2. The molecule has 3 aromatic heterocycles. The largest absolute Gasteiger partial charge is 0.360 e. The third kappa shape index (κ3) is 6.57. The number of nitrogens with one attached hydrogen (secondary N) is 1. The molecule has 0 spiro atoms.